The zero-order chi connectivity index (χ0) is 33.3. The quantitative estimate of drug-likeness (QED) is 0.205. The molecule has 4 amide bonds. The molecule has 2 unspecified atom stereocenters. The van der Waals surface area contributed by atoms with E-state index in [-0.39, 0.29) is 37.5 Å². The minimum atomic E-state index is -1.60. The van der Waals surface area contributed by atoms with Gasteiger partial charge >= 0.3 is 18.2 Å². The number of carbonyl (C=O) groups excluding carboxylic acids is 4. The van der Waals surface area contributed by atoms with Crippen molar-refractivity contribution in [3.8, 4) is 0 Å². The Morgan fingerprint density at radius 2 is 1.87 bits per heavy atom. The molecule has 0 aromatic heterocycles. The van der Waals surface area contributed by atoms with Crippen LogP contribution in [0, 0.1) is 17.7 Å². The van der Waals surface area contributed by atoms with Crippen LogP contribution in [0.1, 0.15) is 50.7 Å². The van der Waals surface area contributed by atoms with E-state index < -0.39 is 77.5 Å². The zero-order valence-corrected chi connectivity index (χ0v) is 25.7. The molecule has 2 saturated heterocycles. The number of hydrogen-bond acceptors (Lipinski definition) is 9. The van der Waals surface area contributed by atoms with Gasteiger partial charge in [-0.15, -0.1) is 6.58 Å². The first-order valence-corrected chi connectivity index (χ1v) is 15.3. The topological polar surface area (TPSA) is 175 Å². The van der Waals surface area contributed by atoms with Gasteiger partial charge in [0.1, 0.15) is 35.6 Å². The number of fused-ring (bicyclic) bond motifs is 1. The number of hydroxylamine groups is 2. The van der Waals surface area contributed by atoms with Crippen LogP contribution in [-0.4, -0.2) is 105 Å². The summed E-state index contributed by atoms with van der Waals surface area (Å²) in [5, 5.41) is 23.5. The second-order valence-electron chi connectivity index (χ2n) is 12.5. The number of nitrogens with one attached hydrogen (secondary N) is 1. The largest absolute Gasteiger partial charge is 0.479 e. The van der Waals surface area contributed by atoms with Crippen LogP contribution in [0.3, 0.4) is 0 Å². The lowest BCUT2D eigenvalue weighted by atomic mass is 10.0. The van der Waals surface area contributed by atoms with E-state index in [1.165, 1.54) is 17.0 Å². The second kappa shape index (κ2) is 13.2. The van der Waals surface area contributed by atoms with E-state index in [0.29, 0.717) is 37.2 Å². The number of nitrogens with zero attached hydrogens (tertiary/aromatic N) is 3. The molecule has 3 fully saturated rings. The van der Waals surface area contributed by atoms with Crippen LogP contribution in [0.2, 0.25) is 0 Å². The summed E-state index contributed by atoms with van der Waals surface area (Å²) >= 11 is 0. The average Bonchev–Trinajstić information content (AvgIpc) is 3.32. The smallest absolute Gasteiger partial charge is 0.434 e. The first-order chi connectivity index (χ1) is 21.9. The standard InChI is InChI=1S/C31H39FN4O10/c1-4-19-13-31(19,28(39)40)33-26(37)24-12-21(46-29(41)34-14-18-6-5-7-23(32)22(18)16-34)15-35(24)27(38)25(17(2)3)36(43)30(42)45-20-8-10-44-11-9-20/h4-7,17,19-21,24-25,43H,1,8-16H2,2-3H3,(H,33,37)(H,39,40)/t19-,21-,24+,25?,31?/m1/s1. The molecule has 1 aromatic rings. The van der Waals surface area contributed by atoms with Gasteiger partial charge in [-0.2, -0.15) is 5.06 Å². The normalized spacial score (nSPS) is 26.2. The summed E-state index contributed by atoms with van der Waals surface area (Å²) in [5.41, 5.74) is -0.592. The van der Waals surface area contributed by atoms with E-state index in [9.17, 15) is 38.7 Å². The lowest BCUT2D eigenvalue weighted by Gasteiger charge is -2.34. The third-order valence-electron chi connectivity index (χ3n) is 9.10. The predicted octanol–water partition coefficient (Wildman–Crippen LogP) is 2.42. The van der Waals surface area contributed by atoms with Crippen LogP contribution in [0.25, 0.3) is 0 Å². The van der Waals surface area contributed by atoms with Crippen LogP contribution in [0.5, 0.6) is 0 Å². The summed E-state index contributed by atoms with van der Waals surface area (Å²) in [6.07, 6.45) is -1.24. The summed E-state index contributed by atoms with van der Waals surface area (Å²) < 4.78 is 30.6. The molecule has 46 heavy (non-hydrogen) atoms. The van der Waals surface area contributed by atoms with Crippen molar-refractivity contribution in [1.82, 2.24) is 20.2 Å². The molecule has 0 bridgehead atoms. The van der Waals surface area contributed by atoms with Crippen LogP contribution in [0.15, 0.2) is 30.9 Å². The van der Waals surface area contributed by atoms with Crippen LogP contribution in [-0.2, 0) is 41.7 Å². The van der Waals surface area contributed by atoms with Crippen molar-refractivity contribution in [2.45, 2.75) is 82.5 Å². The zero-order valence-electron chi connectivity index (χ0n) is 25.7. The molecule has 3 aliphatic heterocycles. The molecule has 0 radical (unpaired) electrons. The minimum Gasteiger partial charge on any atom is -0.479 e. The number of aliphatic carboxylic acids is 1. The lowest BCUT2D eigenvalue weighted by molar-refractivity contribution is -0.165. The number of halogens is 1. The number of likely N-dealkylation sites (tertiary alicyclic amines) is 1. The van der Waals surface area contributed by atoms with Crippen molar-refractivity contribution in [2.24, 2.45) is 11.8 Å². The lowest BCUT2D eigenvalue weighted by Crippen LogP contribution is -2.58. The number of amides is 4. The third kappa shape index (κ3) is 6.51. The molecule has 1 saturated carbocycles. The first-order valence-electron chi connectivity index (χ1n) is 15.3. The fraction of sp³-hybridized carbons (Fsp3) is 0.581. The highest BCUT2D eigenvalue weighted by Crippen LogP contribution is 2.45. The Labute approximate surface area is 265 Å². The monoisotopic (exact) mass is 646 g/mol. The number of carbonyl (C=O) groups is 5. The number of hydrogen-bond donors (Lipinski definition) is 3. The van der Waals surface area contributed by atoms with Gasteiger partial charge in [0.15, 0.2) is 0 Å². The molecule has 5 atom stereocenters. The number of carboxylic acids is 1. The molecule has 3 heterocycles. The Morgan fingerprint density at radius 1 is 1.15 bits per heavy atom. The van der Waals surface area contributed by atoms with Crippen molar-refractivity contribution < 1.29 is 52.9 Å². The van der Waals surface area contributed by atoms with Gasteiger partial charge in [0.25, 0.3) is 0 Å². The number of carboxylic acid groups (broad SMARTS) is 1. The van der Waals surface area contributed by atoms with E-state index in [4.69, 9.17) is 14.2 Å². The Balaban J connectivity index is 1.34. The molecule has 3 N–H and O–H groups in total. The van der Waals surface area contributed by atoms with E-state index in [0.717, 1.165) is 4.90 Å². The van der Waals surface area contributed by atoms with Gasteiger partial charge in [-0.05, 0) is 24.0 Å². The summed E-state index contributed by atoms with van der Waals surface area (Å²) in [7, 11) is 0. The SMILES string of the molecule is C=C[C@@H]1CC1(NC(=O)[C@@H]1C[C@@H](OC(=O)N2Cc3cccc(F)c3C2)CN1C(=O)C(C(C)C)N(O)C(=O)OC1CCOCC1)C(=O)O. The Kier molecular flexibility index (Phi) is 9.54. The molecule has 4 aliphatic rings. The molecule has 15 heteroatoms. The summed E-state index contributed by atoms with van der Waals surface area (Å²) in [6.45, 7) is 7.38. The highest BCUT2D eigenvalue weighted by molar-refractivity contribution is 5.96. The van der Waals surface area contributed by atoms with Crippen LogP contribution < -0.4 is 5.32 Å². The number of ether oxygens (including phenoxy) is 3. The Bertz CT molecular complexity index is 1400. The first kappa shape index (κ1) is 33.1. The summed E-state index contributed by atoms with van der Waals surface area (Å²) in [5.74, 6) is -4.51. The van der Waals surface area contributed by atoms with E-state index in [2.05, 4.69) is 11.9 Å². The molecule has 1 aliphatic carbocycles. The fourth-order valence-corrected chi connectivity index (χ4v) is 6.37. The molecule has 1 aromatic carbocycles. The minimum absolute atomic E-state index is 0.0195. The van der Waals surface area contributed by atoms with Gasteiger partial charge in [-0.3, -0.25) is 19.7 Å². The van der Waals surface area contributed by atoms with E-state index >= 15 is 0 Å². The molecular weight excluding hydrogens is 607 g/mol. The highest BCUT2D eigenvalue weighted by Gasteiger charge is 2.61. The van der Waals surface area contributed by atoms with Gasteiger partial charge in [0.2, 0.25) is 11.8 Å². The van der Waals surface area contributed by atoms with E-state index in [1.807, 2.05) is 0 Å². The van der Waals surface area contributed by atoms with Gasteiger partial charge in [-0.1, -0.05) is 32.1 Å². The van der Waals surface area contributed by atoms with Crippen molar-refractivity contribution in [1.29, 1.82) is 0 Å². The predicted molar refractivity (Wildman–Crippen MR) is 155 cm³/mol. The van der Waals surface area contributed by atoms with Gasteiger partial charge in [0.05, 0.1) is 26.3 Å². The Morgan fingerprint density at radius 3 is 2.48 bits per heavy atom. The molecular formula is C31H39FN4O10. The van der Waals surface area contributed by atoms with Gasteiger partial charge < -0.3 is 29.5 Å². The van der Waals surface area contributed by atoms with Crippen molar-refractivity contribution in [3.63, 3.8) is 0 Å². The van der Waals surface area contributed by atoms with Gasteiger partial charge in [-0.25, -0.2) is 18.8 Å². The summed E-state index contributed by atoms with van der Waals surface area (Å²) in [6, 6.07) is 1.76. The molecule has 0 spiro atoms. The third-order valence-corrected chi connectivity index (χ3v) is 9.10. The Hall–Kier alpha value is -4.24. The van der Waals surface area contributed by atoms with Crippen LogP contribution in [0.4, 0.5) is 14.0 Å². The summed E-state index contributed by atoms with van der Waals surface area (Å²) in [4.78, 5) is 68.2. The average molecular weight is 647 g/mol. The fourth-order valence-electron chi connectivity index (χ4n) is 6.37. The van der Waals surface area contributed by atoms with Crippen molar-refractivity contribution in [3.05, 3.63) is 47.8 Å². The van der Waals surface area contributed by atoms with Gasteiger partial charge in [0, 0.05) is 37.3 Å². The maximum Gasteiger partial charge on any atom is 0.434 e. The second-order valence-corrected chi connectivity index (χ2v) is 12.5. The molecule has 14 nitrogen and oxygen atoms in total. The maximum absolute atomic E-state index is 14.3. The van der Waals surface area contributed by atoms with Crippen molar-refractivity contribution >= 4 is 30.0 Å². The molecule has 5 rings (SSSR count). The van der Waals surface area contributed by atoms with E-state index in [1.54, 1.807) is 26.0 Å². The van der Waals surface area contributed by atoms with Crippen molar-refractivity contribution in [2.75, 3.05) is 19.8 Å². The number of benzene rings is 1. The highest BCUT2D eigenvalue weighted by atomic mass is 19.1. The maximum atomic E-state index is 14.3. The van der Waals surface area contributed by atoms with Crippen LogP contribution >= 0.6 is 0 Å². The number of rotatable bonds is 9. The molecule has 250 valence electrons.